The van der Waals surface area contributed by atoms with Crippen LogP contribution in [-0.4, -0.2) is 24.7 Å². The molecule has 5 heteroatoms. The lowest BCUT2D eigenvalue weighted by atomic mass is 9.98. The molecule has 2 heterocycles. The second kappa shape index (κ2) is 8.15. The van der Waals surface area contributed by atoms with Gasteiger partial charge in [0.05, 0.1) is 12.3 Å². The van der Waals surface area contributed by atoms with Gasteiger partial charge in [-0.1, -0.05) is 29.8 Å². The quantitative estimate of drug-likeness (QED) is 0.651. The number of hydrogen-bond donors (Lipinski definition) is 1. The van der Waals surface area contributed by atoms with Gasteiger partial charge in [0.2, 0.25) is 5.89 Å². The smallest absolute Gasteiger partial charge is 0.226 e. The van der Waals surface area contributed by atoms with Crippen LogP contribution < -0.4 is 10.1 Å². The zero-order valence-corrected chi connectivity index (χ0v) is 16.1. The topological polar surface area (TPSA) is 47.3 Å². The van der Waals surface area contributed by atoms with Crippen LogP contribution in [0.4, 0.5) is 0 Å². The van der Waals surface area contributed by atoms with Crippen molar-refractivity contribution >= 4 is 11.6 Å². The van der Waals surface area contributed by atoms with Crippen molar-refractivity contribution in [3.63, 3.8) is 0 Å². The van der Waals surface area contributed by atoms with Gasteiger partial charge in [0.15, 0.2) is 0 Å². The van der Waals surface area contributed by atoms with E-state index in [0.29, 0.717) is 29.9 Å². The molecule has 27 heavy (non-hydrogen) atoms. The van der Waals surface area contributed by atoms with Gasteiger partial charge in [0, 0.05) is 23.6 Å². The van der Waals surface area contributed by atoms with E-state index in [2.05, 4.69) is 28.5 Å². The molecule has 2 aromatic carbocycles. The lowest BCUT2D eigenvalue weighted by molar-refractivity contribution is 0.319. The lowest BCUT2D eigenvalue weighted by Crippen LogP contribution is -2.08. The average molecular weight is 383 g/mol. The fraction of sp³-hybridized carbons (Fsp3) is 0.318. The van der Waals surface area contributed by atoms with Gasteiger partial charge in [0.1, 0.15) is 11.5 Å². The summed E-state index contributed by atoms with van der Waals surface area (Å²) in [5.41, 5.74) is 3.15. The van der Waals surface area contributed by atoms with Crippen molar-refractivity contribution in [2.45, 2.75) is 25.7 Å². The molecule has 4 nitrogen and oxygen atoms in total. The largest absolute Gasteiger partial charge is 0.493 e. The fourth-order valence-electron chi connectivity index (χ4n) is 3.47. The summed E-state index contributed by atoms with van der Waals surface area (Å²) in [6.45, 7) is 4.64. The summed E-state index contributed by atoms with van der Waals surface area (Å²) in [6.07, 6.45) is 1.89. The predicted molar refractivity (Wildman–Crippen MR) is 108 cm³/mol. The Hall–Kier alpha value is -2.30. The first kappa shape index (κ1) is 18.1. The molecule has 1 N–H and O–H groups in total. The molecule has 1 atom stereocenters. The van der Waals surface area contributed by atoms with Gasteiger partial charge in [-0.05, 0) is 61.7 Å². The van der Waals surface area contributed by atoms with Crippen molar-refractivity contribution in [3.05, 3.63) is 70.6 Å². The molecule has 0 spiro atoms. The number of hydrogen-bond acceptors (Lipinski definition) is 4. The van der Waals surface area contributed by atoms with E-state index in [1.165, 1.54) is 12.0 Å². The molecular formula is C22H23ClN2O2. The van der Waals surface area contributed by atoms with E-state index in [1.54, 1.807) is 0 Å². The van der Waals surface area contributed by atoms with Crippen LogP contribution in [0.15, 0.2) is 52.9 Å². The first-order valence-electron chi connectivity index (χ1n) is 9.35. The molecule has 0 unspecified atom stereocenters. The van der Waals surface area contributed by atoms with Gasteiger partial charge in [-0.15, -0.1) is 0 Å². The van der Waals surface area contributed by atoms with Gasteiger partial charge in [-0.25, -0.2) is 4.98 Å². The second-order valence-corrected chi connectivity index (χ2v) is 7.33. The summed E-state index contributed by atoms with van der Waals surface area (Å²) < 4.78 is 11.8. The molecule has 0 radical (unpaired) electrons. The summed E-state index contributed by atoms with van der Waals surface area (Å²) in [7, 11) is 0. The molecule has 1 saturated heterocycles. The normalized spacial score (nSPS) is 16.6. The minimum Gasteiger partial charge on any atom is -0.493 e. The summed E-state index contributed by atoms with van der Waals surface area (Å²) in [5, 5.41) is 4.08. The molecule has 0 bridgehead atoms. The molecule has 1 aliphatic heterocycles. The highest BCUT2D eigenvalue weighted by Gasteiger charge is 2.17. The van der Waals surface area contributed by atoms with Crippen LogP contribution in [0, 0.1) is 6.92 Å². The van der Waals surface area contributed by atoms with Crippen LogP contribution in [-0.2, 0) is 6.42 Å². The second-order valence-electron chi connectivity index (χ2n) is 6.89. The molecule has 0 amide bonds. The third kappa shape index (κ3) is 4.34. The first-order valence-corrected chi connectivity index (χ1v) is 9.72. The SMILES string of the molecule is Cc1oc(-c2cccc(Cl)c2)nc1CCOc1cccc([C@H]2CCNC2)c1. The van der Waals surface area contributed by atoms with Crippen LogP contribution in [0.25, 0.3) is 11.5 Å². The third-order valence-corrected chi connectivity index (χ3v) is 5.20. The number of aromatic nitrogens is 1. The molecule has 0 aliphatic carbocycles. The highest BCUT2D eigenvalue weighted by Crippen LogP contribution is 2.26. The summed E-state index contributed by atoms with van der Waals surface area (Å²) >= 11 is 6.06. The number of halogens is 1. The fourth-order valence-corrected chi connectivity index (χ4v) is 3.66. The monoisotopic (exact) mass is 382 g/mol. The predicted octanol–water partition coefficient (Wildman–Crippen LogP) is 5.00. The number of rotatable bonds is 6. The third-order valence-electron chi connectivity index (χ3n) is 4.96. The van der Waals surface area contributed by atoms with E-state index in [0.717, 1.165) is 35.9 Å². The zero-order chi connectivity index (χ0) is 18.6. The Morgan fingerprint density at radius 2 is 2.11 bits per heavy atom. The van der Waals surface area contributed by atoms with Crippen LogP contribution in [0.2, 0.25) is 5.02 Å². The molecular weight excluding hydrogens is 360 g/mol. The number of oxazole rings is 1. The van der Waals surface area contributed by atoms with E-state index in [9.17, 15) is 0 Å². The lowest BCUT2D eigenvalue weighted by Gasteiger charge is -2.11. The number of benzene rings is 2. The summed E-state index contributed by atoms with van der Waals surface area (Å²) in [6, 6.07) is 16.0. The maximum atomic E-state index is 6.06. The van der Waals surface area contributed by atoms with Crippen molar-refractivity contribution in [3.8, 4) is 17.2 Å². The Bertz CT molecular complexity index is 916. The molecule has 1 fully saturated rings. The van der Waals surface area contributed by atoms with Gasteiger partial charge in [-0.2, -0.15) is 0 Å². The number of nitrogens with zero attached hydrogens (tertiary/aromatic N) is 1. The number of aryl methyl sites for hydroxylation is 1. The van der Waals surface area contributed by atoms with Gasteiger partial charge in [0.25, 0.3) is 0 Å². The standard InChI is InChI=1S/C22H23ClN2O2/c1-15-21(25-22(27-15)17-5-2-6-19(23)12-17)9-11-26-20-7-3-4-16(13-20)18-8-10-24-14-18/h2-7,12-13,18,24H,8-11,14H2,1H3/t18-/m0/s1. The first-order chi connectivity index (χ1) is 13.2. The van der Waals surface area contributed by atoms with Gasteiger partial charge >= 0.3 is 0 Å². The Balaban J connectivity index is 1.39. The number of nitrogens with one attached hydrogen (secondary N) is 1. The van der Waals surface area contributed by atoms with Crippen molar-refractivity contribution in [2.75, 3.05) is 19.7 Å². The van der Waals surface area contributed by atoms with Crippen molar-refractivity contribution in [1.82, 2.24) is 10.3 Å². The van der Waals surface area contributed by atoms with E-state index in [1.807, 2.05) is 37.3 Å². The Morgan fingerprint density at radius 1 is 1.22 bits per heavy atom. The maximum absolute atomic E-state index is 6.06. The molecule has 3 aromatic rings. The summed E-state index contributed by atoms with van der Waals surface area (Å²) in [5.74, 6) is 2.92. The van der Waals surface area contributed by atoms with Gasteiger partial charge in [-0.3, -0.25) is 0 Å². The molecule has 140 valence electrons. The molecule has 4 rings (SSSR count). The average Bonchev–Trinajstić information content (AvgIpc) is 3.33. The van der Waals surface area contributed by atoms with Crippen LogP contribution in [0.3, 0.4) is 0 Å². The summed E-state index contributed by atoms with van der Waals surface area (Å²) in [4.78, 5) is 4.62. The van der Waals surface area contributed by atoms with E-state index in [4.69, 9.17) is 20.8 Å². The number of ether oxygens (including phenoxy) is 1. The minimum absolute atomic E-state index is 0.564. The van der Waals surface area contributed by atoms with E-state index in [-0.39, 0.29) is 0 Å². The van der Waals surface area contributed by atoms with E-state index < -0.39 is 0 Å². The Kier molecular flexibility index (Phi) is 5.46. The Morgan fingerprint density at radius 3 is 2.93 bits per heavy atom. The maximum Gasteiger partial charge on any atom is 0.226 e. The van der Waals surface area contributed by atoms with Crippen molar-refractivity contribution < 1.29 is 9.15 Å². The van der Waals surface area contributed by atoms with Crippen molar-refractivity contribution in [1.29, 1.82) is 0 Å². The zero-order valence-electron chi connectivity index (χ0n) is 15.4. The van der Waals surface area contributed by atoms with E-state index >= 15 is 0 Å². The highest BCUT2D eigenvalue weighted by molar-refractivity contribution is 6.30. The molecule has 1 aliphatic rings. The molecule has 1 aromatic heterocycles. The van der Waals surface area contributed by atoms with Crippen LogP contribution in [0.5, 0.6) is 5.75 Å². The Labute approximate surface area is 164 Å². The highest BCUT2D eigenvalue weighted by atomic mass is 35.5. The minimum atomic E-state index is 0.564. The molecule has 0 saturated carbocycles. The van der Waals surface area contributed by atoms with Crippen LogP contribution in [0.1, 0.15) is 29.4 Å². The van der Waals surface area contributed by atoms with Gasteiger partial charge < -0.3 is 14.5 Å². The van der Waals surface area contributed by atoms with Crippen LogP contribution >= 0.6 is 11.6 Å². The van der Waals surface area contributed by atoms with Crippen molar-refractivity contribution in [2.24, 2.45) is 0 Å².